The van der Waals surface area contributed by atoms with Gasteiger partial charge in [-0.15, -0.1) is 0 Å². The van der Waals surface area contributed by atoms with E-state index in [0.717, 1.165) is 5.69 Å². The molecule has 0 radical (unpaired) electrons. The van der Waals surface area contributed by atoms with E-state index in [1.807, 2.05) is 26.8 Å². The Labute approximate surface area is 97.3 Å². The fourth-order valence-electron chi connectivity index (χ4n) is 1.80. The monoisotopic (exact) mass is 222 g/mol. The van der Waals surface area contributed by atoms with Gasteiger partial charge >= 0.3 is 0 Å². The van der Waals surface area contributed by atoms with Gasteiger partial charge < -0.3 is 10.3 Å². The molecule has 2 N–H and O–H groups in total. The SMILES string of the molecule is CC(C)(C)c1ccc(N)c(=O)n1C(C)(C)C. The molecule has 1 heterocycles. The summed E-state index contributed by atoms with van der Waals surface area (Å²) in [7, 11) is 0. The number of rotatable bonds is 0. The van der Waals surface area contributed by atoms with Crippen LogP contribution in [0.25, 0.3) is 0 Å². The van der Waals surface area contributed by atoms with E-state index in [9.17, 15) is 4.79 Å². The van der Waals surface area contributed by atoms with Crippen molar-refractivity contribution in [1.29, 1.82) is 0 Å². The maximum absolute atomic E-state index is 12.1. The first-order chi connectivity index (χ1) is 7.05. The lowest BCUT2D eigenvalue weighted by molar-refractivity contribution is 0.346. The highest BCUT2D eigenvalue weighted by molar-refractivity contribution is 5.37. The molecule has 0 aromatic carbocycles. The molecule has 0 aliphatic heterocycles. The summed E-state index contributed by atoms with van der Waals surface area (Å²) >= 11 is 0. The molecule has 0 saturated heterocycles. The smallest absolute Gasteiger partial charge is 0.274 e. The largest absolute Gasteiger partial charge is 0.394 e. The first-order valence-electron chi connectivity index (χ1n) is 5.57. The third-order valence-corrected chi connectivity index (χ3v) is 2.55. The molecule has 16 heavy (non-hydrogen) atoms. The van der Waals surface area contributed by atoms with E-state index in [2.05, 4.69) is 20.8 Å². The zero-order valence-electron chi connectivity index (χ0n) is 11.1. The van der Waals surface area contributed by atoms with Gasteiger partial charge in [0.15, 0.2) is 0 Å². The Hall–Kier alpha value is -1.25. The molecule has 3 nitrogen and oxygen atoms in total. The number of nitrogens with zero attached hydrogens (tertiary/aromatic N) is 1. The second kappa shape index (κ2) is 3.65. The van der Waals surface area contributed by atoms with Crippen molar-refractivity contribution >= 4 is 5.69 Å². The van der Waals surface area contributed by atoms with Crippen LogP contribution in [0.2, 0.25) is 0 Å². The molecule has 0 amide bonds. The summed E-state index contributed by atoms with van der Waals surface area (Å²) in [5, 5.41) is 0. The standard InChI is InChI=1S/C13H22N2O/c1-12(2,3)10-8-7-9(14)11(16)15(10)13(4,5)6/h7-8H,14H2,1-6H3. The minimum atomic E-state index is -0.255. The van der Waals surface area contributed by atoms with Crippen LogP contribution >= 0.6 is 0 Å². The molecule has 0 saturated carbocycles. The summed E-state index contributed by atoms with van der Waals surface area (Å²) in [6, 6.07) is 3.65. The van der Waals surface area contributed by atoms with Crippen LogP contribution in [0.1, 0.15) is 47.2 Å². The van der Waals surface area contributed by atoms with Crippen LogP contribution in [0.3, 0.4) is 0 Å². The van der Waals surface area contributed by atoms with E-state index in [1.54, 1.807) is 10.6 Å². The number of nitrogen functional groups attached to an aromatic ring is 1. The maximum Gasteiger partial charge on any atom is 0.274 e. The number of hydrogen-bond donors (Lipinski definition) is 1. The molecular weight excluding hydrogens is 200 g/mol. The van der Waals surface area contributed by atoms with Gasteiger partial charge in [0.25, 0.3) is 5.56 Å². The number of aromatic nitrogens is 1. The van der Waals surface area contributed by atoms with Crippen LogP contribution in [-0.2, 0) is 11.0 Å². The second-order valence-corrected chi connectivity index (χ2v) is 6.24. The first kappa shape index (κ1) is 12.8. The molecule has 3 heteroatoms. The van der Waals surface area contributed by atoms with Crippen LogP contribution < -0.4 is 11.3 Å². The van der Waals surface area contributed by atoms with Crippen LogP contribution in [0, 0.1) is 0 Å². The van der Waals surface area contributed by atoms with Gasteiger partial charge in [0.1, 0.15) is 0 Å². The lowest BCUT2D eigenvalue weighted by atomic mass is 9.89. The average molecular weight is 222 g/mol. The Morgan fingerprint density at radius 3 is 1.94 bits per heavy atom. The van der Waals surface area contributed by atoms with Gasteiger partial charge in [-0.1, -0.05) is 20.8 Å². The molecule has 1 rings (SSSR count). The van der Waals surface area contributed by atoms with Gasteiger partial charge in [-0.05, 0) is 32.9 Å². The summed E-state index contributed by atoms with van der Waals surface area (Å²) in [5.74, 6) is 0. The number of anilines is 1. The predicted octanol–water partition coefficient (Wildman–Crippen LogP) is 2.48. The van der Waals surface area contributed by atoms with Gasteiger partial charge in [-0.2, -0.15) is 0 Å². The Balaban J connectivity index is 3.66. The summed E-state index contributed by atoms with van der Waals surface area (Å²) in [4.78, 5) is 12.1. The molecule has 1 aromatic rings. The summed E-state index contributed by atoms with van der Waals surface area (Å²) in [5.41, 5.74) is 6.60. The predicted molar refractivity (Wildman–Crippen MR) is 68.8 cm³/mol. The van der Waals surface area contributed by atoms with Crippen LogP contribution in [-0.4, -0.2) is 4.57 Å². The summed E-state index contributed by atoms with van der Waals surface area (Å²) < 4.78 is 1.79. The van der Waals surface area contributed by atoms with Crippen LogP contribution in [0.15, 0.2) is 16.9 Å². The van der Waals surface area contributed by atoms with Crippen molar-refractivity contribution in [3.05, 3.63) is 28.2 Å². The zero-order chi connectivity index (χ0) is 12.7. The quantitative estimate of drug-likeness (QED) is 0.733. The fraction of sp³-hybridized carbons (Fsp3) is 0.615. The third kappa shape index (κ3) is 2.29. The normalized spacial score (nSPS) is 12.9. The minimum Gasteiger partial charge on any atom is -0.394 e. The summed E-state index contributed by atoms with van der Waals surface area (Å²) in [6.07, 6.45) is 0. The number of nitrogens with two attached hydrogens (primary N) is 1. The summed E-state index contributed by atoms with van der Waals surface area (Å²) in [6.45, 7) is 12.3. The van der Waals surface area contributed by atoms with E-state index < -0.39 is 0 Å². The van der Waals surface area contributed by atoms with E-state index in [0.29, 0.717) is 5.69 Å². The van der Waals surface area contributed by atoms with E-state index in [4.69, 9.17) is 5.73 Å². The molecular formula is C13H22N2O. The molecule has 90 valence electrons. The highest BCUT2D eigenvalue weighted by Crippen LogP contribution is 2.26. The molecule has 0 atom stereocenters. The molecule has 0 unspecified atom stereocenters. The van der Waals surface area contributed by atoms with Crippen molar-refractivity contribution in [3.63, 3.8) is 0 Å². The van der Waals surface area contributed by atoms with Gasteiger partial charge in [-0.25, -0.2) is 0 Å². The molecule has 0 aliphatic carbocycles. The Morgan fingerprint density at radius 1 is 1.06 bits per heavy atom. The highest BCUT2D eigenvalue weighted by Gasteiger charge is 2.25. The minimum absolute atomic E-state index is 0.0693. The van der Waals surface area contributed by atoms with E-state index in [1.165, 1.54) is 0 Å². The molecule has 0 fully saturated rings. The first-order valence-corrected chi connectivity index (χ1v) is 5.57. The average Bonchev–Trinajstić information content (AvgIpc) is 2.05. The van der Waals surface area contributed by atoms with E-state index >= 15 is 0 Å². The van der Waals surface area contributed by atoms with E-state index in [-0.39, 0.29) is 16.5 Å². The number of hydrogen-bond acceptors (Lipinski definition) is 2. The highest BCUT2D eigenvalue weighted by atomic mass is 16.1. The molecule has 0 aliphatic rings. The maximum atomic E-state index is 12.1. The third-order valence-electron chi connectivity index (χ3n) is 2.55. The van der Waals surface area contributed by atoms with Crippen molar-refractivity contribution in [2.75, 3.05) is 5.73 Å². The fourth-order valence-corrected chi connectivity index (χ4v) is 1.80. The van der Waals surface area contributed by atoms with Gasteiger partial charge in [0, 0.05) is 16.6 Å². The molecule has 0 bridgehead atoms. The van der Waals surface area contributed by atoms with Gasteiger partial charge in [-0.3, -0.25) is 4.79 Å². The van der Waals surface area contributed by atoms with Crippen molar-refractivity contribution in [2.24, 2.45) is 0 Å². The lowest BCUT2D eigenvalue weighted by Crippen LogP contribution is -2.40. The Morgan fingerprint density at radius 2 is 1.56 bits per heavy atom. The number of pyridine rings is 1. The van der Waals surface area contributed by atoms with Crippen molar-refractivity contribution in [2.45, 2.75) is 52.5 Å². The molecule has 1 aromatic heterocycles. The Bertz CT molecular complexity index is 444. The Kier molecular flexibility index (Phi) is 2.92. The lowest BCUT2D eigenvalue weighted by Gasteiger charge is -2.32. The van der Waals surface area contributed by atoms with Crippen molar-refractivity contribution < 1.29 is 0 Å². The van der Waals surface area contributed by atoms with Gasteiger partial charge in [0.2, 0.25) is 0 Å². The van der Waals surface area contributed by atoms with Crippen LogP contribution in [0.4, 0.5) is 5.69 Å². The molecule has 0 spiro atoms. The van der Waals surface area contributed by atoms with Crippen LogP contribution in [0.5, 0.6) is 0 Å². The zero-order valence-corrected chi connectivity index (χ0v) is 11.1. The topological polar surface area (TPSA) is 48.0 Å². The van der Waals surface area contributed by atoms with Gasteiger partial charge in [0.05, 0.1) is 5.69 Å². The second-order valence-electron chi connectivity index (χ2n) is 6.24. The van der Waals surface area contributed by atoms with Crippen molar-refractivity contribution in [3.8, 4) is 0 Å². The van der Waals surface area contributed by atoms with Crippen molar-refractivity contribution in [1.82, 2.24) is 4.57 Å².